The largest absolute Gasteiger partial charge is 0.475 e. The normalized spacial score (nSPS) is 21.8. The highest BCUT2D eigenvalue weighted by Gasteiger charge is 2.31. The molecule has 0 radical (unpaired) electrons. The minimum Gasteiger partial charge on any atom is -0.475 e. The lowest BCUT2D eigenvalue weighted by Crippen LogP contribution is -2.18. The monoisotopic (exact) mass is 384 g/mol. The Bertz CT molecular complexity index is 926. The van der Waals surface area contributed by atoms with E-state index in [2.05, 4.69) is 30.9 Å². The van der Waals surface area contributed by atoms with Crippen molar-refractivity contribution in [2.24, 2.45) is 15.6 Å². The molecule has 2 unspecified atom stereocenters. The maximum Gasteiger partial charge on any atom is 0.222 e. The van der Waals surface area contributed by atoms with E-state index in [1.807, 2.05) is 24.3 Å². The van der Waals surface area contributed by atoms with Crippen LogP contribution >= 0.6 is 0 Å². The van der Waals surface area contributed by atoms with Gasteiger partial charge in [-0.3, -0.25) is 0 Å². The second-order valence-corrected chi connectivity index (χ2v) is 8.11. The third-order valence-electron chi connectivity index (χ3n) is 5.06. The van der Waals surface area contributed by atoms with Gasteiger partial charge in [-0.15, -0.1) is 0 Å². The fourth-order valence-corrected chi connectivity index (χ4v) is 3.32. The molecule has 2 atom stereocenters. The lowest BCUT2D eigenvalue weighted by atomic mass is 9.86. The van der Waals surface area contributed by atoms with Gasteiger partial charge in [0.25, 0.3) is 0 Å². The van der Waals surface area contributed by atoms with Crippen molar-refractivity contribution in [2.45, 2.75) is 39.3 Å². The topological polar surface area (TPSA) is 43.2 Å². The number of nitrogens with zero attached hydrogens (tertiary/aromatic N) is 2. The van der Waals surface area contributed by atoms with E-state index in [-0.39, 0.29) is 35.6 Å². The van der Waals surface area contributed by atoms with E-state index in [0.717, 1.165) is 23.3 Å². The van der Waals surface area contributed by atoms with Gasteiger partial charge in [0.2, 0.25) is 5.90 Å². The summed E-state index contributed by atoms with van der Waals surface area (Å²) < 4.78 is 33.4. The predicted molar refractivity (Wildman–Crippen MR) is 103 cm³/mol. The predicted octanol–water partition coefficient (Wildman–Crippen LogP) is 5.35. The molecule has 0 bridgehead atoms. The molecule has 2 aliphatic heterocycles. The quantitative estimate of drug-likeness (QED) is 0.716. The molecule has 4 rings (SSSR count). The lowest BCUT2D eigenvalue weighted by Gasteiger charge is -2.17. The van der Waals surface area contributed by atoms with Crippen LogP contribution in [0.1, 0.15) is 56.0 Å². The molecule has 0 aromatic heterocycles. The number of aliphatic imine (C=N–C) groups is 1. The summed E-state index contributed by atoms with van der Waals surface area (Å²) in [4.78, 5) is 9.98. The third-order valence-corrected chi connectivity index (χ3v) is 5.06. The van der Waals surface area contributed by atoms with Crippen molar-refractivity contribution in [3.8, 4) is 0 Å². The number of halogens is 2. The van der Waals surface area contributed by atoms with Gasteiger partial charge in [-0.2, -0.15) is 0 Å². The van der Waals surface area contributed by atoms with Crippen molar-refractivity contribution in [2.75, 3.05) is 6.61 Å². The zero-order valence-corrected chi connectivity index (χ0v) is 16.1. The summed E-state index contributed by atoms with van der Waals surface area (Å²) in [5, 5.41) is 4.23. The Hall–Kier alpha value is -2.76. The van der Waals surface area contributed by atoms with Gasteiger partial charge in [0.15, 0.2) is 6.10 Å². The maximum absolute atomic E-state index is 13.9. The molecule has 2 aromatic rings. The Labute approximate surface area is 162 Å². The lowest BCUT2D eigenvalue weighted by molar-refractivity contribution is 0.0856. The van der Waals surface area contributed by atoms with Gasteiger partial charge in [-0.1, -0.05) is 56.3 Å². The van der Waals surface area contributed by atoms with Crippen LogP contribution < -0.4 is 0 Å². The van der Waals surface area contributed by atoms with Gasteiger partial charge in [-0.25, -0.2) is 13.8 Å². The molecule has 0 fully saturated rings. The minimum absolute atomic E-state index is 0.00650. The molecule has 6 heteroatoms. The number of hydrogen-bond acceptors (Lipinski definition) is 4. The van der Waals surface area contributed by atoms with Crippen LogP contribution in [-0.2, 0) is 9.57 Å². The second kappa shape index (κ2) is 7.00. The molecule has 0 saturated heterocycles. The fraction of sp³-hybridized carbons (Fsp3) is 0.364. The van der Waals surface area contributed by atoms with Gasteiger partial charge < -0.3 is 9.57 Å². The van der Waals surface area contributed by atoms with E-state index >= 15 is 0 Å². The number of hydrogen-bond donors (Lipinski definition) is 0. The summed E-state index contributed by atoms with van der Waals surface area (Å²) >= 11 is 0. The van der Waals surface area contributed by atoms with E-state index in [4.69, 9.17) is 9.57 Å². The van der Waals surface area contributed by atoms with Crippen LogP contribution in [0.3, 0.4) is 0 Å². The zero-order valence-electron chi connectivity index (χ0n) is 16.1. The Morgan fingerprint density at radius 3 is 2.21 bits per heavy atom. The molecule has 2 aliphatic rings. The first-order chi connectivity index (χ1) is 13.3. The first-order valence-electron chi connectivity index (χ1n) is 9.31. The summed E-state index contributed by atoms with van der Waals surface area (Å²) in [7, 11) is 0. The average Bonchev–Trinajstić information content (AvgIpc) is 3.32. The van der Waals surface area contributed by atoms with Crippen LogP contribution in [0.15, 0.2) is 52.6 Å². The Balaban J connectivity index is 1.49. The van der Waals surface area contributed by atoms with Crippen molar-refractivity contribution < 1.29 is 18.4 Å². The van der Waals surface area contributed by atoms with E-state index in [9.17, 15) is 8.78 Å². The van der Waals surface area contributed by atoms with Crippen LogP contribution in [0.5, 0.6) is 0 Å². The molecular formula is C22H22F2N2O2. The first-order valence-corrected chi connectivity index (χ1v) is 9.31. The smallest absolute Gasteiger partial charge is 0.222 e. The van der Waals surface area contributed by atoms with Crippen molar-refractivity contribution in [1.82, 2.24) is 0 Å². The van der Waals surface area contributed by atoms with Gasteiger partial charge in [0.05, 0.1) is 5.71 Å². The standard InChI is InChI=1S/C22H22F2N2O2/c1-22(2,3)19-11-18(28-26-19)14-9-7-13(8-10-14)17-12-27-21(25-17)20-15(23)5-4-6-16(20)24/h4-10,17-18H,11-12H2,1-3H3. The highest BCUT2D eigenvalue weighted by atomic mass is 19.1. The molecule has 2 aromatic carbocycles. The molecule has 0 saturated carbocycles. The van der Waals surface area contributed by atoms with Crippen molar-refractivity contribution in [1.29, 1.82) is 0 Å². The van der Waals surface area contributed by atoms with Crippen LogP contribution in [0.2, 0.25) is 0 Å². The Morgan fingerprint density at radius 1 is 0.964 bits per heavy atom. The van der Waals surface area contributed by atoms with E-state index in [0.29, 0.717) is 0 Å². The SMILES string of the molecule is CC(C)(C)C1=NOC(c2ccc(C3COC(c4c(F)cccc4F)=N3)cc2)C1. The second-order valence-electron chi connectivity index (χ2n) is 8.11. The van der Waals surface area contributed by atoms with E-state index in [1.165, 1.54) is 18.2 Å². The number of rotatable bonds is 3. The zero-order chi connectivity index (χ0) is 19.9. The van der Waals surface area contributed by atoms with E-state index < -0.39 is 11.6 Å². The van der Waals surface area contributed by atoms with Gasteiger partial charge in [0, 0.05) is 11.8 Å². The van der Waals surface area contributed by atoms with Crippen LogP contribution in [0.25, 0.3) is 0 Å². The third kappa shape index (κ3) is 3.51. The number of oxime groups is 1. The molecule has 0 aliphatic carbocycles. The van der Waals surface area contributed by atoms with Crippen LogP contribution in [-0.4, -0.2) is 18.2 Å². The van der Waals surface area contributed by atoms with Crippen LogP contribution in [0.4, 0.5) is 8.78 Å². The molecule has 0 N–H and O–H groups in total. The first kappa shape index (κ1) is 18.6. The summed E-state index contributed by atoms with van der Waals surface area (Å²) in [5.41, 5.74) is 2.78. The van der Waals surface area contributed by atoms with Crippen molar-refractivity contribution in [3.05, 3.63) is 70.8 Å². The van der Waals surface area contributed by atoms with E-state index in [1.54, 1.807) is 0 Å². The summed E-state index contributed by atoms with van der Waals surface area (Å²) in [6.45, 7) is 6.61. The van der Waals surface area contributed by atoms with Crippen LogP contribution in [0, 0.1) is 17.0 Å². The van der Waals surface area contributed by atoms with Gasteiger partial charge in [-0.05, 0) is 23.3 Å². The fourth-order valence-electron chi connectivity index (χ4n) is 3.32. The van der Waals surface area contributed by atoms with Crippen molar-refractivity contribution in [3.63, 3.8) is 0 Å². The Kier molecular flexibility index (Phi) is 4.65. The number of benzene rings is 2. The molecule has 28 heavy (non-hydrogen) atoms. The highest BCUT2D eigenvalue weighted by molar-refractivity contribution is 5.95. The summed E-state index contributed by atoms with van der Waals surface area (Å²) in [6, 6.07) is 11.3. The van der Waals surface area contributed by atoms with Gasteiger partial charge >= 0.3 is 0 Å². The molecule has 0 amide bonds. The minimum atomic E-state index is -0.678. The molecule has 146 valence electrons. The summed E-state index contributed by atoms with van der Waals surface area (Å²) in [6.07, 6.45) is 0.680. The molecule has 4 nitrogen and oxygen atoms in total. The maximum atomic E-state index is 13.9. The molecule has 0 spiro atoms. The average molecular weight is 384 g/mol. The van der Waals surface area contributed by atoms with Crippen molar-refractivity contribution >= 4 is 11.6 Å². The van der Waals surface area contributed by atoms with Gasteiger partial charge in [0.1, 0.15) is 29.8 Å². The molecule has 2 heterocycles. The highest BCUT2D eigenvalue weighted by Crippen LogP contribution is 2.35. The summed E-state index contributed by atoms with van der Waals surface area (Å²) in [5.74, 6) is -1.35. The number of ether oxygens (including phenoxy) is 1. The molecular weight excluding hydrogens is 362 g/mol. The Morgan fingerprint density at radius 2 is 1.61 bits per heavy atom.